The third kappa shape index (κ3) is 2.39. The van der Waals surface area contributed by atoms with Crippen LogP contribution in [0.3, 0.4) is 0 Å². The molecule has 0 aliphatic rings. The lowest BCUT2D eigenvalue weighted by Gasteiger charge is -2.07. The molecule has 0 aliphatic carbocycles. The first-order valence-electron chi connectivity index (χ1n) is 5.83. The number of carbonyl (C=O) groups is 1. The van der Waals surface area contributed by atoms with Crippen molar-refractivity contribution in [1.29, 1.82) is 0 Å². The van der Waals surface area contributed by atoms with Crippen molar-refractivity contribution in [2.75, 3.05) is 13.7 Å². The van der Waals surface area contributed by atoms with E-state index in [0.717, 1.165) is 6.42 Å². The molecule has 90 valence electrons. The molecule has 0 unspecified atom stereocenters. The number of para-hydroxylation sites is 1. The Kier molecular flexibility index (Phi) is 3.59. The second-order valence-corrected chi connectivity index (χ2v) is 4.12. The van der Waals surface area contributed by atoms with Gasteiger partial charge in [0, 0.05) is 13.3 Å². The number of carbonyl (C=O) groups excluding carboxylic acids is 1. The van der Waals surface area contributed by atoms with Crippen LogP contribution < -0.4 is 0 Å². The largest absolute Gasteiger partial charge is 0.377 e. The van der Waals surface area contributed by atoms with Crippen LogP contribution in [-0.4, -0.2) is 24.1 Å². The Morgan fingerprint density at radius 1 is 1.35 bits per heavy atom. The molecule has 2 rings (SSSR count). The van der Waals surface area contributed by atoms with Gasteiger partial charge in [-0.25, -0.2) is 0 Å². The summed E-state index contributed by atoms with van der Waals surface area (Å²) < 4.78 is 6.87. The van der Waals surface area contributed by atoms with Gasteiger partial charge in [0.05, 0.1) is 12.1 Å². The van der Waals surface area contributed by atoms with E-state index in [4.69, 9.17) is 4.74 Å². The second-order valence-electron chi connectivity index (χ2n) is 4.12. The highest BCUT2D eigenvalue weighted by molar-refractivity contribution is 5.86. The van der Waals surface area contributed by atoms with Crippen LogP contribution >= 0.6 is 0 Å². The molecule has 0 saturated heterocycles. The van der Waals surface area contributed by atoms with Crippen molar-refractivity contribution in [3.05, 3.63) is 36.0 Å². The number of ketones is 1. The van der Waals surface area contributed by atoms with Gasteiger partial charge in [0.1, 0.15) is 6.61 Å². The number of Topliss-reactive ketones (excluding diaryl/α,β-unsaturated/α-hetero) is 1. The van der Waals surface area contributed by atoms with Gasteiger partial charge >= 0.3 is 0 Å². The van der Waals surface area contributed by atoms with Crippen molar-refractivity contribution in [1.82, 2.24) is 4.57 Å². The molecule has 0 bridgehead atoms. The number of benzene rings is 1. The molecule has 0 saturated carbocycles. The standard InChI is InChI=1S/C14H17NO2/c1-3-11-5-4-6-12-7-8-15(14(11)12)9-13(16)10-17-2/h4-8H,3,9-10H2,1-2H3. The quantitative estimate of drug-likeness (QED) is 0.791. The summed E-state index contributed by atoms with van der Waals surface area (Å²) in [5.74, 6) is 0.0934. The van der Waals surface area contributed by atoms with Crippen molar-refractivity contribution in [3.8, 4) is 0 Å². The molecule has 17 heavy (non-hydrogen) atoms. The fourth-order valence-corrected chi connectivity index (χ4v) is 2.15. The molecule has 0 fully saturated rings. The van der Waals surface area contributed by atoms with Gasteiger partial charge in [-0.3, -0.25) is 4.79 Å². The fourth-order valence-electron chi connectivity index (χ4n) is 2.15. The van der Waals surface area contributed by atoms with Gasteiger partial charge in [0.15, 0.2) is 5.78 Å². The van der Waals surface area contributed by atoms with Gasteiger partial charge in [-0.2, -0.15) is 0 Å². The van der Waals surface area contributed by atoms with Crippen LogP contribution in [0.15, 0.2) is 30.5 Å². The Balaban J connectivity index is 2.37. The number of aromatic nitrogens is 1. The predicted molar refractivity (Wildman–Crippen MR) is 68.2 cm³/mol. The molecule has 2 aromatic rings. The summed E-state index contributed by atoms with van der Waals surface area (Å²) in [6.45, 7) is 2.69. The smallest absolute Gasteiger partial charge is 0.178 e. The highest BCUT2D eigenvalue weighted by Gasteiger charge is 2.08. The van der Waals surface area contributed by atoms with Crippen molar-refractivity contribution >= 4 is 16.7 Å². The Labute approximate surface area is 101 Å². The first kappa shape index (κ1) is 11.9. The summed E-state index contributed by atoms with van der Waals surface area (Å²) in [5.41, 5.74) is 2.44. The SMILES string of the molecule is CCc1cccc2ccn(CC(=O)COC)c12. The average molecular weight is 231 g/mol. The second kappa shape index (κ2) is 5.15. The molecule has 0 atom stereocenters. The van der Waals surface area contributed by atoms with Crippen molar-refractivity contribution < 1.29 is 9.53 Å². The highest BCUT2D eigenvalue weighted by Crippen LogP contribution is 2.20. The summed E-state index contributed by atoms with van der Waals surface area (Å²) in [4.78, 5) is 11.6. The van der Waals surface area contributed by atoms with Crippen molar-refractivity contribution in [2.45, 2.75) is 19.9 Å². The number of methoxy groups -OCH3 is 1. The van der Waals surface area contributed by atoms with Crippen LogP contribution in [-0.2, 0) is 22.5 Å². The topological polar surface area (TPSA) is 31.2 Å². The fraction of sp³-hybridized carbons (Fsp3) is 0.357. The Hall–Kier alpha value is -1.61. The van der Waals surface area contributed by atoms with E-state index in [2.05, 4.69) is 31.2 Å². The molecule has 3 nitrogen and oxygen atoms in total. The number of hydrogen-bond donors (Lipinski definition) is 0. The van der Waals surface area contributed by atoms with Crippen LogP contribution in [0.1, 0.15) is 12.5 Å². The molecule has 3 heteroatoms. The minimum atomic E-state index is 0.0934. The molecule has 0 radical (unpaired) electrons. The molecular weight excluding hydrogens is 214 g/mol. The van der Waals surface area contributed by atoms with E-state index in [1.165, 1.54) is 16.5 Å². The van der Waals surface area contributed by atoms with Gasteiger partial charge in [-0.1, -0.05) is 25.1 Å². The average Bonchev–Trinajstić information content (AvgIpc) is 2.73. The molecular formula is C14H17NO2. The highest BCUT2D eigenvalue weighted by atomic mass is 16.5. The molecule has 0 N–H and O–H groups in total. The summed E-state index contributed by atoms with van der Waals surface area (Å²) in [5, 5.41) is 1.19. The van der Waals surface area contributed by atoms with E-state index in [-0.39, 0.29) is 12.4 Å². The summed E-state index contributed by atoms with van der Waals surface area (Å²) in [6, 6.07) is 8.29. The van der Waals surface area contributed by atoms with Crippen molar-refractivity contribution in [2.24, 2.45) is 0 Å². The van der Waals surface area contributed by atoms with E-state index < -0.39 is 0 Å². The van der Waals surface area contributed by atoms with E-state index in [1.54, 1.807) is 7.11 Å². The van der Waals surface area contributed by atoms with Crippen LogP contribution in [0.5, 0.6) is 0 Å². The van der Waals surface area contributed by atoms with E-state index in [9.17, 15) is 4.79 Å². The first-order valence-corrected chi connectivity index (χ1v) is 5.83. The zero-order valence-corrected chi connectivity index (χ0v) is 10.3. The molecule has 0 amide bonds. The molecule has 0 aliphatic heterocycles. The van der Waals surface area contributed by atoms with Crippen LogP contribution in [0.2, 0.25) is 0 Å². The van der Waals surface area contributed by atoms with E-state index in [0.29, 0.717) is 6.54 Å². The summed E-state index contributed by atoms with van der Waals surface area (Å²) in [6.07, 6.45) is 2.94. The zero-order chi connectivity index (χ0) is 12.3. The van der Waals surface area contributed by atoms with Gasteiger partial charge in [-0.05, 0) is 23.4 Å². The number of rotatable bonds is 5. The third-order valence-corrected chi connectivity index (χ3v) is 2.90. The van der Waals surface area contributed by atoms with Gasteiger partial charge in [-0.15, -0.1) is 0 Å². The maximum atomic E-state index is 11.6. The van der Waals surface area contributed by atoms with Crippen LogP contribution in [0.4, 0.5) is 0 Å². The van der Waals surface area contributed by atoms with Crippen LogP contribution in [0.25, 0.3) is 10.9 Å². The Morgan fingerprint density at radius 3 is 2.88 bits per heavy atom. The Morgan fingerprint density at radius 2 is 2.18 bits per heavy atom. The normalized spacial score (nSPS) is 10.9. The molecule has 1 aromatic heterocycles. The number of nitrogens with zero attached hydrogens (tertiary/aromatic N) is 1. The molecule has 1 heterocycles. The summed E-state index contributed by atoms with van der Waals surface area (Å²) in [7, 11) is 1.54. The minimum absolute atomic E-state index is 0.0934. The zero-order valence-electron chi connectivity index (χ0n) is 10.3. The maximum Gasteiger partial charge on any atom is 0.178 e. The minimum Gasteiger partial charge on any atom is -0.377 e. The van der Waals surface area contributed by atoms with Crippen molar-refractivity contribution in [3.63, 3.8) is 0 Å². The van der Waals surface area contributed by atoms with Crippen LogP contribution in [0, 0.1) is 0 Å². The summed E-state index contributed by atoms with van der Waals surface area (Å²) >= 11 is 0. The number of ether oxygens (including phenoxy) is 1. The van der Waals surface area contributed by atoms with E-state index in [1.807, 2.05) is 10.8 Å². The maximum absolute atomic E-state index is 11.6. The lowest BCUT2D eigenvalue weighted by atomic mass is 10.1. The van der Waals surface area contributed by atoms with E-state index >= 15 is 0 Å². The predicted octanol–water partition coefficient (Wildman–Crippen LogP) is 2.42. The third-order valence-electron chi connectivity index (χ3n) is 2.90. The lowest BCUT2D eigenvalue weighted by Crippen LogP contribution is -2.14. The van der Waals surface area contributed by atoms with Gasteiger partial charge in [0.2, 0.25) is 0 Å². The lowest BCUT2D eigenvalue weighted by molar-refractivity contribution is -0.123. The molecule has 0 spiro atoms. The number of hydrogen-bond acceptors (Lipinski definition) is 2. The number of aryl methyl sites for hydroxylation is 1. The number of fused-ring (bicyclic) bond motifs is 1. The Bertz CT molecular complexity index is 528. The first-order chi connectivity index (χ1) is 8.26. The monoisotopic (exact) mass is 231 g/mol. The van der Waals surface area contributed by atoms with Gasteiger partial charge in [0.25, 0.3) is 0 Å². The molecule has 1 aromatic carbocycles. The van der Waals surface area contributed by atoms with Gasteiger partial charge < -0.3 is 9.30 Å².